The molecule has 0 amide bonds. The minimum atomic E-state index is -0.0931. The van der Waals surface area contributed by atoms with Crippen LogP contribution in [0.2, 0.25) is 0 Å². The summed E-state index contributed by atoms with van der Waals surface area (Å²) >= 11 is 0. The summed E-state index contributed by atoms with van der Waals surface area (Å²) in [6.07, 6.45) is 13.9. The second-order valence-electron chi connectivity index (χ2n) is 6.10. The molecule has 0 fully saturated rings. The lowest BCUT2D eigenvalue weighted by Crippen LogP contribution is -2.12. The fraction of sp³-hybridized carbons (Fsp3) is 0.737. The van der Waals surface area contributed by atoms with E-state index in [-0.39, 0.29) is 11.9 Å². The van der Waals surface area contributed by atoms with E-state index in [2.05, 4.69) is 32.9 Å². The third kappa shape index (κ3) is 11.3. The number of ether oxygens (including phenoxy) is 1. The van der Waals surface area contributed by atoms with Crippen LogP contribution in [-0.2, 0) is 9.53 Å². The van der Waals surface area contributed by atoms with Gasteiger partial charge in [-0.05, 0) is 52.4 Å². The molecule has 0 bridgehead atoms. The zero-order valence-corrected chi connectivity index (χ0v) is 14.7. The number of carbonyl (C=O) groups excluding carboxylic acids is 1. The molecule has 0 aromatic carbocycles. The van der Waals surface area contributed by atoms with E-state index in [1.54, 1.807) is 0 Å². The first-order valence-electron chi connectivity index (χ1n) is 8.40. The van der Waals surface area contributed by atoms with Crippen molar-refractivity contribution in [2.75, 3.05) is 7.11 Å². The molecule has 21 heavy (non-hydrogen) atoms. The van der Waals surface area contributed by atoms with Crippen LogP contribution in [0.4, 0.5) is 0 Å². The van der Waals surface area contributed by atoms with Crippen LogP contribution >= 0.6 is 0 Å². The average molecular weight is 294 g/mol. The van der Waals surface area contributed by atoms with Gasteiger partial charge in [0.2, 0.25) is 0 Å². The van der Waals surface area contributed by atoms with Gasteiger partial charge in [-0.15, -0.1) is 0 Å². The molecule has 0 aromatic heterocycles. The molecular weight excluding hydrogens is 260 g/mol. The highest BCUT2D eigenvalue weighted by Gasteiger charge is 2.11. The molecule has 0 spiro atoms. The third-order valence-corrected chi connectivity index (χ3v) is 3.89. The van der Waals surface area contributed by atoms with Gasteiger partial charge < -0.3 is 4.74 Å². The molecule has 1 atom stereocenters. The number of methoxy groups -OCH3 is 1. The molecule has 0 aliphatic heterocycles. The van der Waals surface area contributed by atoms with Crippen molar-refractivity contribution < 1.29 is 9.53 Å². The summed E-state index contributed by atoms with van der Waals surface area (Å²) in [7, 11) is 1.46. The van der Waals surface area contributed by atoms with Gasteiger partial charge in [-0.2, -0.15) is 0 Å². The highest BCUT2D eigenvalue weighted by Crippen LogP contribution is 2.15. The summed E-state index contributed by atoms with van der Waals surface area (Å²) in [5, 5.41) is 0. The van der Waals surface area contributed by atoms with Crippen LogP contribution in [0.5, 0.6) is 0 Å². The lowest BCUT2D eigenvalue weighted by atomic mass is 10.0. The number of rotatable bonds is 11. The summed E-state index contributed by atoms with van der Waals surface area (Å²) in [6.45, 7) is 8.60. The van der Waals surface area contributed by atoms with Crippen LogP contribution < -0.4 is 0 Å². The van der Waals surface area contributed by atoms with E-state index >= 15 is 0 Å². The van der Waals surface area contributed by atoms with Crippen molar-refractivity contribution in [1.29, 1.82) is 0 Å². The second kappa shape index (κ2) is 12.7. The Morgan fingerprint density at radius 3 is 2.29 bits per heavy atom. The highest BCUT2D eigenvalue weighted by atomic mass is 16.5. The van der Waals surface area contributed by atoms with Gasteiger partial charge in [0.15, 0.2) is 0 Å². The van der Waals surface area contributed by atoms with E-state index in [4.69, 9.17) is 4.74 Å². The zero-order chi connectivity index (χ0) is 16.1. The van der Waals surface area contributed by atoms with E-state index in [9.17, 15) is 4.79 Å². The Balaban J connectivity index is 3.83. The first kappa shape index (κ1) is 19.9. The van der Waals surface area contributed by atoms with Gasteiger partial charge in [-0.3, -0.25) is 4.79 Å². The maximum absolute atomic E-state index is 11.3. The Labute approximate surface area is 131 Å². The lowest BCUT2D eigenvalue weighted by Gasteiger charge is -2.08. The van der Waals surface area contributed by atoms with Crippen molar-refractivity contribution in [3.8, 4) is 0 Å². The van der Waals surface area contributed by atoms with Gasteiger partial charge in [0.05, 0.1) is 13.0 Å². The van der Waals surface area contributed by atoms with Crippen LogP contribution in [0, 0.1) is 5.92 Å². The molecule has 2 nitrogen and oxygen atoms in total. The maximum atomic E-state index is 11.3. The summed E-state index contributed by atoms with van der Waals surface area (Å²) < 4.78 is 4.74. The molecule has 0 aromatic rings. The molecule has 0 aliphatic carbocycles. The molecule has 0 N–H and O–H groups in total. The number of unbranched alkanes of at least 4 members (excludes halogenated alkanes) is 2. The molecule has 0 heterocycles. The molecule has 122 valence electrons. The van der Waals surface area contributed by atoms with Crippen molar-refractivity contribution in [3.05, 3.63) is 23.3 Å². The van der Waals surface area contributed by atoms with Gasteiger partial charge in [0, 0.05) is 0 Å². The van der Waals surface area contributed by atoms with Gasteiger partial charge in [-0.1, -0.05) is 50.0 Å². The Morgan fingerprint density at radius 1 is 1.05 bits per heavy atom. The van der Waals surface area contributed by atoms with Crippen LogP contribution in [0.15, 0.2) is 23.3 Å². The number of hydrogen-bond acceptors (Lipinski definition) is 2. The first-order valence-corrected chi connectivity index (χ1v) is 8.40. The van der Waals surface area contributed by atoms with Crippen LogP contribution in [0.3, 0.4) is 0 Å². The van der Waals surface area contributed by atoms with E-state index in [1.807, 2.05) is 6.92 Å². The van der Waals surface area contributed by atoms with Gasteiger partial charge in [0.25, 0.3) is 0 Å². The molecule has 0 saturated heterocycles. The summed E-state index contributed by atoms with van der Waals surface area (Å²) in [5.74, 6) is -0.0731. The fourth-order valence-electron chi connectivity index (χ4n) is 2.31. The maximum Gasteiger partial charge on any atom is 0.308 e. The van der Waals surface area contributed by atoms with Crippen molar-refractivity contribution in [2.45, 2.75) is 79.1 Å². The quantitative estimate of drug-likeness (QED) is 0.272. The number of carbonyl (C=O) groups is 1. The number of allylic oxidation sites excluding steroid dienone is 4. The van der Waals surface area contributed by atoms with Gasteiger partial charge in [0.1, 0.15) is 0 Å². The molecule has 0 saturated carbocycles. The van der Waals surface area contributed by atoms with E-state index in [1.165, 1.54) is 43.9 Å². The van der Waals surface area contributed by atoms with Crippen molar-refractivity contribution in [2.24, 2.45) is 5.92 Å². The minimum absolute atomic E-state index is 0.0199. The Bertz CT molecular complexity index is 339. The molecular formula is C19H34O2. The van der Waals surface area contributed by atoms with Crippen LogP contribution in [0.25, 0.3) is 0 Å². The molecule has 1 unspecified atom stereocenters. The van der Waals surface area contributed by atoms with Crippen molar-refractivity contribution >= 4 is 5.97 Å². The van der Waals surface area contributed by atoms with Gasteiger partial charge in [-0.25, -0.2) is 0 Å². The molecule has 2 heteroatoms. The standard InChI is InChI=1S/C19H34O2/c1-6-7-8-11-16(2)12-9-13-17(3)14-10-15-18(4)19(20)21-5/h11,13,18H,6-10,12,14-15H2,1-5H3/b16-11+,17-13+. The summed E-state index contributed by atoms with van der Waals surface area (Å²) in [4.78, 5) is 11.3. The summed E-state index contributed by atoms with van der Waals surface area (Å²) in [5.41, 5.74) is 2.94. The predicted molar refractivity (Wildman–Crippen MR) is 91.3 cm³/mol. The predicted octanol–water partition coefficient (Wildman–Crippen LogP) is 5.83. The first-order chi connectivity index (χ1) is 10.0. The molecule has 0 rings (SSSR count). The zero-order valence-electron chi connectivity index (χ0n) is 14.7. The van der Waals surface area contributed by atoms with Crippen molar-refractivity contribution in [1.82, 2.24) is 0 Å². The largest absolute Gasteiger partial charge is 0.469 e. The fourth-order valence-corrected chi connectivity index (χ4v) is 2.31. The van der Waals surface area contributed by atoms with Gasteiger partial charge >= 0.3 is 5.97 Å². The third-order valence-electron chi connectivity index (χ3n) is 3.89. The van der Waals surface area contributed by atoms with E-state index < -0.39 is 0 Å². The topological polar surface area (TPSA) is 26.3 Å². The number of hydrogen-bond donors (Lipinski definition) is 0. The second-order valence-corrected chi connectivity index (χ2v) is 6.10. The normalized spacial score (nSPS) is 14.1. The smallest absolute Gasteiger partial charge is 0.308 e. The monoisotopic (exact) mass is 294 g/mol. The SMILES string of the molecule is CCCC/C=C(\C)CC/C=C(\C)CCCC(C)C(=O)OC. The molecule has 0 aliphatic rings. The Morgan fingerprint density at radius 2 is 1.67 bits per heavy atom. The Kier molecular flexibility index (Phi) is 12.0. The highest BCUT2D eigenvalue weighted by molar-refractivity contribution is 5.71. The van der Waals surface area contributed by atoms with Crippen molar-refractivity contribution in [3.63, 3.8) is 0 Å². The lowest BCUT2D eigenvalue weighted by molar-refractivity contribution is -0.145. The molecule has 0 radical (unpaired) electrons. The van der Waals surface area contributed by atoms with E-state index in [0.717, 1.165) is 25.7 Å². The Hall–Kier alpha value is -1.05. The number of esters is 1. The van der Waals surface area contributed by atoms with Crippen LogP contribution in [-0.4, -0.2) is 13.1 Å². The summed E-state index contributed by atoms with van der Waals surface area (Å²) in [6, 6.07) is 0. The van der Waals surface area contributed by atoms with E-state index in [0.29, 0.717) is 0 Å². The average Bonchev–Trinajstić information content (AvgIpc) is 2.46. The van der Waals surface area contributed by atoms with Crippen LogP contribution in [0.1, 0.15) is 79.1 Å². The minimum Gasteiger partial charge on any atom is -0.469 e.